The van der Waals surface area contributed by atoms with Crippen LogP contribution in [0.25, 0.3) is 0 Å². The van der Waals surface area contributed by atoms with Crippen LogP contribution >= 0.6 is 24.8 Å². The van der Waals surface area contributed by atoms with Crippen LogP contribution in [0, 0.1) is 11.8 Å². The number of likely N-dealkylation sites (tertiary alicyclic amines) is 1. The summed E-state index contributed by atoms with van der Waals surface area (Å²) < 4.78 is 5.59. The van der Waals surface area contributed by atoms with E-state index in [1.54, 1.807) is 7.11 Å². The highest BCUT2D eigenvalue weighted by Gasteiger charge is 2.39. The van der Waals surface area contributed by atoms with E-state index < -0.39 is 5.60 Å². The number of amides is 1. The molecular weight excluding hydrogens is 409 g/mol. The number of benzene rings is 1. The first kappa shape index (κ1) is 26.2. The van der Waals surface area contributed by atoms with Crippen LogP contribution < -0.4 is 10.6 Å². The second-order valence-corrected chi connectivity index (χ2v) is 8.59. The third-order valence-corrected chi connectivity index (χ3v) is 6.04. The monoisotopic (exact) mass is 445 g/mol. The molecule has 0 aliphatic carbocycles. The van der Waals surface area contributed by atoms with Crippen molar-refractivity contribution in [3.63, 3.8) is 0 Å². The van der Waals surface area contributed by atoms with Crippen LogP contribution in [0.15, 0.2) is 24.3 Å². The van der Waals surface area contributed by atoms with Gasteiger partial charge in [0.05, 0.1) is 0 Å². The molecule has 166 valence electrons. The molecule has 2 aliphatic rings. The van der Waals surface area contributed by atoms with Gasteiger partial charge in [0.2, 0.25) is 0 Å². The van der Waals surface area contributed by atoms with Crippen molar-refractivity contribution >= 4 is 30.7 Å². The maximum atomic E-state index is 12.6. The molecule has 2 saturated heterocycles. The number of ether oxygens (including phenoxy) is 1. The van der Waals surface area contributed by atoms with Crippen LogP contribution in [-0.2, 0) is 22.6 Å². The van der Waals surface area contributed by atoms with Crippen molar-refractivity contribution in [2.45, 2.75) is 51.8 Å². The molecule has 2 unspecified atom stereocenters. The number of nitrogens with zero attached hydrogens (tertiary/aromatic N) is 1. The fourth-order valence-electron chi connectivity index (χ4n) is 4.64. The summed E-state index contributed by atoms with van der Waals surface area (Å²) in [5.41, 5.74) is 1.80. The van der Waals surface area contributed by atoms with E-state index in [4.69, 9.17) is 4.74 Å². The molecule has 2 aliphatic heterocycles. The Morgan fingerprint density at radius 1 is 1.10 bits per heavy atom. The van der Waals surface area contributed by atoms with Gasteiger partial charge in [0.1, 0.15) is 5.60 Å². The Labute approximate surface area is 188 Å². The molecule has 2 heterocycles. The van der Waals surface area contributed by atoms with Gasteiger partial charge in [-0.2, -0.15) is 0 Å². The lowest BCUT2D eigenvalue weighted by molar-refractivity contribution is -0.146. The Kier molecular flexibility index (Phi) is 10.9. The minimum atomic E-state index is -0.674. The number of methoxy groups -OCH3 is 1. The molecule has 1 aromatic rings. The zero-order chi connectivity index (χ0) is 19.3. The fourth-order valence-corrected chi connectivity index (χ4v) is 4.64. The lowest BCUT2D eigenvalue weighted by atomic mass is 9.91. The molecule has 0 bridgehead atoms. The van der Waals surface area contributed by atoms with Crippen LogP contribution in [0.3, 0.4) is 0 Å². The normalized spacial score (nSPS) is 24.1. The highest BCUT2D eigenvalue weighted by Crippen LogP contribution is 2.24. The number of hydrogen-bond donors (Lipinski definition) is 2. The highest BCUT2D eigenvalue weighted by atomic mass is 35.5. The summed E-state index contributed by atoms with van der Waals surface area (Å²) in [5, 5.41) is 6.35. The summed E-state index contributed by atoms with van der Waals surface area (Å²) in [5.74, 6) is 1.57. The first-order valence-electron chi connectivity index (χ1n) is 10.3. The van der Waals surface area contributed by atoms with Gasteiger partial charge < -0.3 is 15.4 Å². The number of hydrogen-bond acceptors (Lipinski definition) is 4. The summed E-state index contributed by atoms with van der Waals surface area (Å²) in [6.45, 7) is 10.3. The summed E-state index contributed by atoms with van der Waals surface area (Å²) in [7, 11) is 1.64. The second kappa shape index (κ2) is 12.1. The van der Waals surface area contributed by atoms with Gasteiger partial charge >= 0.3 is 0 Å². The van der Waals surface area contributed by atoms with Gasteiger partial charge in [0.15, 0.2) is 0 Å². The molecule has 0 saturated carbocycles. The molecule has 2 N–H and O–H groups in total. The van der Waals surface area contributed by atoms with Crippen molar-refractivity contribution in [1.82, 2.24) is 15.5 Å². The third-order valence-electron chi connectivity index (χ3n) is 6.04. The van der Waals surface area contributed by atoms with E-state index >= 15 is 0 Å². The van der Waals surface area contributed by atoms with Crippen molar-refractivity contribution in [2.24, 2.45) is 11.8 Å². The van der Waals surface area contributed by atoms with E-state index in [0.717, 1.165) is 49.9 Å². The molecule has 29 heavy (non-hydrogen) atoms. The Morgan fingerprint density at radius 2 is 1.66 bits per heavy atom. The van der Waals surface area contributed by atoms with Crippen LogP contribution in [0.4, 0.5) is 0 Å². The molecule has 0 radical (unpaired) electrons. The molecule has 1 amide bonds. The van der Waals surface area contributed by atoms with Gasteiger partial charge in [-0.3, -0.25) is 9.69 Å². The molecule has 2 fully saturated rings. The smallest absolute Gasteiger partial charge is 0.252 e. The van der Waals surface area contributed by atoms with Gasteiger partial charge in [-0.1, -0.05) is 38.1 Å². The van der Waals surface area contributed by atoms with Gasteiger partial charge in [-0.15, -0.1) is 24.8 Å². The lowest BCUT2D eigenvalue weighted by Gasteiger charge is -2.35. The van der Waals surface area contributed by atoms with E-state index in [-0.39, 0.29) is 30.7 Å². The fraction of sp³-hybridized carbons (Fsp3) is 0.682. The number of carbonyl (C=O) groups excluding carboxylic acids is 1. The molecule has 2 atom stereocenters. The van der Waals surface area contributed by atoms with E-state index in [1.165, 1.54) is 25.1 Å². The van der Waals surface area contributed by atoms with Gasteiger partial charge in [-0.25, -0.2) is 0 Å². The van der Waals surface area contributed by atoms with Gasteiger partial charge in [-0.05, 0) is 55.3 Å². The number of nitrogens with one attached hydrogen (secondary N) is 2. The molecule has 0 aromatic heterocycles. The van der Waals surface area contributed by atoms with E-state index in [9.17, 15) is 4.79 Å². The average molecular weight is 446 g/mol. The van der Waals surface area contributed by atoms with Crippen molar-refractivity contribution in [2.75, 3.05) is 33.3 Å². The zero-order valence-electron chi connectivity index (χ0n) is 17.9. The molecular formula is C22H37Cl2N3O2. The summed E-state index contributed by atoms with van der Waals surface area (Å²) in [4.78, 5) is 15.2. The molecule has 7 heteroatoms. The molecule has 0 spiro atoms. The second-order valence-electron chi connectivity index (χ2n) is 8.59. The van der Waals surface area contributed by atoms with Crippen molar-refractivity contribution in [3.8, 4) is 0 Å². The van der Waals surface area contributed by atoms with Crippen molar-refractivity contribution in [1.29, 1.82) is 0 Å². The third kappa shape index (κ3) is 7.11. The van der Waals surface area contributed by atoms with E-state index in [2.05, 4.69) is 53.6 Å². The molecule has 5 nitrogen and oxygen atoms in total. The predicted octanol–water partition coefficient (Wildman–Crippen LogP) is 3.39. The van der Waals surface area contributed by atoms with Crippen LogP contribution in [0.2, 0.25) is 0 Å². The summed E-state index contributed by atoms with van der Waals surface area (Å²) in [6.07, 6.45) is 2.79. The highest BCUT2D eigenvalue weighted by molar-refractivity contribution is 5.86. The topological polar surface area (TPSA) is 53.6 Å². The quantitative estimate of drug-likeness (QED) is 0.704. The Bertz CT molecular complexity index is 611. The Balaban J connectivity index is 0.00000210. The number of halogens is 2. The Morgan fingerprint density at radius 3 is 2.21 bits per heavy atom. The summed E-state index contributed by atoms with van der Waals surface area (Å²) >= 11 is 0. The molecule has 1 aromatic carbocycles. The van der Waals surface area contributed by atoms with Crippen molar-refractivity contribution < 1.29 is 9.53 Å². The average Bonchev–Trinajstić information content (AvgIpc) is 2.67. The van der Waals surface area contributed by atoms with E-state index in [0.29, 0.717) is 6.54 Å². The summed E-state index contributed by atoms with van der Waals surface area (Å²) in [6, 6.07) is 8.66. The SMILES string of the molecule is COC1(C(=O)NCc2ccc(CN3CC(C)CC(C)C3)cc2)CCNCC1.Cl.Cl. The predicted molar refractivity (Wildman–Crippen MR) is 123 cm³/mol. The number of piperidine rings is 2. The standard InChI is InChI=1S/C22H35N3O2.2ClH/c1-17-12-18(2)15-25(14-17)16-20-6-4-19(5-7-20)13-24-21(26)22(27-3)8-10-23-11-9-22;;/h4-7,17-18,23H,8-16H2,1-3H3,(H,24,26);2*1H. The maximum absolute atomic E-state index is 12.6. The maximum Gasteiger partial charge on any atom is 0.252 e. The minimum Gasteiger partial charge on any atom is -0.368 e. The minimum absolute atomic E-state index is 0. The number of carbonyl (C=O) groups is 1. The van der Waals surface area contributed by atoms with Gasteiger partial charge in [0, 0.05) is 33.3 Å². The largest absolute Gasteiger partial charge is 0.368 e. The number of rotatable bonds is 6. The Hall–Kier alpha value is -0.850. The van der Waals surface area contributed by atoms with Crippen LogP contribution in [0.5, 0.6) is 0 Å². The first-order chi connectivity index (χ1) is 13.0. The van der Waals surface area contributed by atoms with Crippen LogP contribution in [0.1, 0.15) is 44.2 Å². The lowest BCUT2D eigenvalue weighted by Crippen LogP contribution is -2.53. The van der Waals surface area contributed by atoms with Crippen molar-refractivity contribution in [3.05, 3.63) is 35.4 Å². The first-order valence-corrected chi connectivity index (χ1v) is 10.3. The molecule has 3 rings (SSSR count). The van der Waals surface area contributed by atoms with E-state index in [1.807, 2.05) is 0 Å². The van der Waals surface area contributed by atoms with Gasteiger partial charge in [0.25, 0.3) is 5.91 Å². The zero-order valence-corrected chi connectivity index (χ0v) is 19.5. The van der Waals surface area contributed by atoms with Crippen LogP contribution in [-0.4, -0.2) is 49.7 Å².